The first kappa shape index (κ1) is 8.38. The van der Waals surface area contributed by atoms with Gasteiger partial charge < -0.3 is 0 Å². The van der Waals surface area contributed by atoms with Gasteiger partial charge in [0.15, 0.2) is 0 Å². The highest BCUT2D eigenvalue weighted by atomic mass is 16.2. The van der Waals surface area contributed by atoms with E-state index in [4.69, 9.17) is 5.26 Å². The zero-order valence-electron chi connectivity index (χ0n) is 7.21. The average Bonchev–Trinajstić information content (AvgIpc) is 2.65. The molecule has 1 aliphatic heterocycles. The first-order valence-electron chi connectivity index (χ1n) is 4.02. The van der Waals surface area contributed by atoms with Crippen molar-refractivity contribution in [3.05, 3.63) is 29.8 Å². The molecule has 68 valence electrons. The van der Waals surface area contributed by atoms with Gasteiger partial charge in [-0.2, -0.15) is 15.4 Å². The molecule has 1 heterocycles. The third-order valence-electron chi connectivity index (χ3n) is 1.84. The maximum atomic E-state index is 11.2. The fourth-order valence-corrected chi connectivity index (χ4v) is 1.15. The van der Waals surface area contributed by atoms with Crippen molar-refractivity contribution in [2.24, 2.45) is 10.3 Å². The van der Waals surface area contributed by atoms with Crippen LogP contribution in [0.4, 0.5) is 5.69 Å². The number of carbonyl (C=O) groups excluding carboxylic acids is 1. The molecule has 5 heteroatoms. The summed E-state index contributed by atoms with van der Waals surface area (Å²) in [6.07, 6.45) is 0. The van der Waals surface area contributed by atoms with Crippen molar-refractivity contribution in [2.45, 2.75) is 0 Å². The predicted octanol–water partition coefficient (Wildman–Crippen LogP) is 1.27. The second-order valence-electron chi connectivity index (χ2n) is 2.75. The Morgan fingerprint density at radius 3 is 2.57 bits per heavy atom. The number of rotatable bonds is 1. The number of hydrogen-bond acceptors (Lipinski definition) is 4. The maximum Gasteiger partial charge on any atom is 0.272 e. The lowest BCUT2D eigenvalue weighted by Crippen LogP contribution is -2.21. The second-order valence-corrected chi connectivity index (χ2v) is 2.75. The minimum Gasteiger partial charge on any atom is -0.270 e. The molecule has 0 unspecified atom stereocenters. The summed E-state index contributed by atoms with van der Waals surface area (Å²) in [5, 5.41) is 17.1. The molecule has 0 saturated carbocycles. The predicted molar refractivity (Wildman–Crippen MR) is 48.4 cm³/mol. The van der Waals surface area contributed by atoms with Gasteiger partial charge >= 0.3 is 0 Å². The SMILES string of the molecule is N#Cc1ccc(N2N=NCC2=O)cc1. The summed E-state index contributed by atoms with van der Waals surface area (Å²) in [5.74, 6) is -0.158. The Hall–Kier alpha value is -2.22. The molecule has 0 N–H and O–H groups in total. The number of hydrogen-bond donors (Lipinski definition) is 0. The van der Waals surface area contributed by atoms with Crippen molar-refractivity contribution in [2.75, 3.05) is 11.6 Å². The highest BCUT2D eigenvalue weighted by Gasteiger charge is 2.19. The molecule has 0 atom stereocenters. The van der Waals surface area contributed by atoms with Crippen molar-refractivity contribution in [3.8, 4) is 6.07 Å². The number of anilines is 1. The van der Waals surface area contributed by atoms with Crippen LogP contribution in [0.3, 0.4) is 0 Å². The summed E-state index contributed by atoms with van der Waals surface area (Å²) >= 11 is 0. The molecule has 0 radical (unpaired) electrons. The van der Waals surface area contributed by atoms with E-state index in [0.29, 0.717) is 11.3 Å². The summed E-state index contributed by atoms with van der Waals surface area (Å²) in [6.45, 7) is 0.0972. The first-order chi connectivity index (χ1) is 6.81. The molecule has 2 rings (SSSR count). The van der Waals surface area contributed by atoms with E-state index in [1.54, 1.807) is 24.3 Å². The van der Waals surface area contributed by atoms with Gasteiger partial charge in [0, 0.05) is 0 Å². The van der Waals surface area contributed by atoms with Gasteiger partial charge in [-0.25, -0.2) is 0 Å². The Kier molecular flexibility index (Phi) is 1.95. The molecule has 5 nitrogen and oxygen atoms in total. The summed E-state index contributed by atoms with van der Waals surface area (Å²) in [7, 11) is 0. The van der Waals surface area contributed by atoms with E-state index in [0.717, 1.165) is 0 Å². The monoisotopic (exact) mass is 186 g/mol. The molecule has 0 saturated heterocycles. The Morgan fingerprint density at radius 1 is 1.36 bits per heavy atom. The molecule has 1 amide bonds. The van der Waals surface area contributed by atoms with E-state index >= 15 is 0 Å². The Balaban J connectivity index is 2.30. The van der Waals surface area contributed by atoms with E-state index in [2.05, 4.69) is 10.3 Å². The van der Waals surface area contributed by atoms with Crippen molar-refractivity contribution in [3.63, 3.8) is 0 Å². The minimum absolute atomic E-state index is 0.0972. The Labute approximate surface area is 80.3 Å². The van der Waals surface area contributed by atoms with Gasteiger partial charge in [-0.1, -0.05) is 5.22 Å². The lowest BCUT2D eigenvalue weighted by molar-refractivity contribution is -0.116. The summed E-state index contributed by atoms with van der Waals surface area (Å²) < 4.78 is 0. The summed E-state index contributed by atoms with van der Waals surface area (Å²) in [4.78, 5) is 11.2. The van der Waals surface area contributed by atoms with Gasteiger partial charge in [-0.15, -0.1) is 0 Å². The fraction of sp³-hybridized carbons (Fsp3) is 0.111. The molecule has 1 aromatic carbocycles. The van der Waals surface area contributed by atoms with Gasteiger partial charge in [0.05, 0.1) is 17.3 Å². The van der Waals surface area contributed by atoms with Crippen molar-refractivity contribution in [1.29, 1.82) is 5.26 Å². The molecule has 0 spiro atoms. The van der Waals surface area contributed by atoms with Gasteiger partial charge in [0.1, 0.15) is 6.54 Å². The van der Waals surface area contributed by atoms with Gasteiger partial charge in [-0.3, -0.25) is 4.79 Å². The van der Waals surface area contributed by atoms with Crippen LogP contribution in [0.15, 0.2) is 34.6 Å². The normalized spacial score (nSPS) is 14.5. The second kappa shape index (κ2) is 3.26. The molecular formula is C9H6N4O. The topological polar surface area (TPSA) is 68.8 Å². The van der Waals surface area contributed by atoms with Crippen molar-refractivity contribution < 1.29 is 4.79 Å². The van der Waals surface area contributed by atoms with Crippen LogP contribution in [0, 0.1) is 11.3 Å². The number of carbonyl (C=O) groups is 1. The quantitative estimate of drug-likeness (QED) is 0.662. The van der Waals surface area contributed by atoms with E-state index < -0.39 is 0 Å². The van der Waals surface area contributed by atoms with Crippen LogP contribution in [0.1, 0.15) is 5.56 Å². The average molecular weight is 186 g/mol. The van der Waals surface area contributed by atoms with Crippen LogP contribution in [-0.2, 0) is 4.79 Å². The van der Waals surface area contributed by atoms with Crippen LogP contribution >= 0.6 is 0 Å². The molecule has 0 fully saturated rings. The molecule has 1 aromatic rings. The van der Waals surface area contributed by atoms with Crippen LogP contribution in [0.5, 0.6) is 0 Å². The Bertz CT molecular complexity index is 429. The van der Waals surface area contributed by atoms with Crippen LogP contribution in [-0.4, -0.2) is 12.5 Å². The smallest absolute Gasteiger partial charge is 0.270 e. The van der Waals surface area contributed by atoms with Crippen LogP contribution in [0.2, 0.25) is 0 Å². The highest BCUT2D eigenvalue weighted by molar-refractivity contribution is 5.95. The van der Waals surface area contributed by atoms with Gasteiger partial charge in [-0.05, 0) is 24.3 Å². The van der Waals surface area contributed by atoms with Crippen molar-refractivity contribution >= 4 is 11.6 Å². The minimum atomic E-state index is -0.158. The van der Waals surface area contributed by atoms with Crippen molar-refractivity contribution in [1.82, 2.24) is 0 Å². The van der Waals surface area contributed by atoms with E-state index in [-0.39, 0.29) is 12.5 Å². The number of benzene rings is 1. The molecule has 1 aliphatic rings. The molecule has 0 bridgehead atoms. The highest BCUT2D eigenvalue weighted by Crippen LogP contribution is 2.18. The number of nitrogens with zero attached hydrogens (tertiary/aromatic N) is 4. The zero-order chi connectivity index (χ0) is 9.97. The third-order valence-corrected chi connectivity index (χ3v) is 1.84. The standard InChI is InChI=1S/C9H6N4O/c10-5-7-1-3-8(4-2-7)13-9(14)6-11-12-13/h1-4H,6H2. The lowest BCUT2D eigenvalue weighted by Gasteiger charge is -2.08. The molecule has 0 aliphatic carbocycles. The molecule has 14 heavy (non-hydrogen) atoms. The maximum absolute atomic E-state index is 11.2. The largest absolute Gasteiger partial charge is 0.272 e. The van der Waals surface area contributed by atoms with E-state index in [1.165, 1.54) is 5.01 Å². The Morgan fingerprint density at radius 2 is 2.07 bits per heavy atom. The van der Waals surface area contributed by atoms with Crippen LogP contribution < -0.4 is 5.01 Å². The lowest BCUT2D eigenvalue weighted by atomic mass is 10.2. The van der Waals surface area contributed by atoms with Gasteiger partial charge in [0.2, 0.25) is 0 Å². The summed E-state index contributed by atoms with van der Waals surface area (Å²) in [5.41, 5.74) is 1.19. The fourth-order valence-electron chi connectivity index (χ4n) is 1.15. The van der Waals surface area contributed by atoms with E-state index in [1.807, 2.05) is 6.07 Å². The van der Waals surface area contributed by atoms with E-state index in [9.17, 15) is 4.79 Å². The van der Waals surface area contributed by atoms with Gasteiger partial charge in [0.25, 0.3) is 5.91 Å². The number of amides is 1. The van der Waals surface area contributed by atoms with Crippen LogP contribution in [0.25, 0.3) is 0 Å². The number of nitriles is 1. The molecular weight excluding hydrogens is 180 g/mol. The summed E-state index contributed by atoms with van der Waals surface area (Å²) in [6, 6.07) is 8.60. The first-order valence-corrected chi connectivity index (χ1v) is 4.02. The third kappa shape index (κ3) is 1.33. The molecule has 0 aromatic heterocycles. The zero-order valence-corrected chi connectivity index (χ0v) is 7.21.